The highest BCUT2D eigenvalue weighted by Crippen LogP contribution is 2.34. The van der Waals surface area contributed by atoms with Crippen LogP contribution in [0.1, 0.15) is 53.5 Å². The molecule has 1 aliphatic rings. The average Bonchev–Trinajstić information content (AvgIpc) is 3.29. The van der Waals surface area contributed by atoms with Gasteiger partial charge in [-0.3, -0.25) is 4.79 Å². The molecular weight excluding hydrogens is 404 g/mol. The molecule has 0 N–H and O–H groups in total. The highest BCUT2D eigenvalue weighted by molar-refractivity contribution is 7.09. The van der Waals surface area contributed by atoms with Crippen molar-refractivity contribution in [3.05, 3.63) is 70.0 Å². The Labute approximate surface area is 186 Å². The van der Waals surface area contributed by atoms with Crippen molar-refractivity contribution in [1.82, 2.24) is 19.7 Å². The average molecular weight is 431 g/mol. The zero-order valence-corrected chi connectivity index (χ0v) is 18.9. The van der Waals surface area contributed by atoms with Crippen LogP contribution in [0.4, 0.5) is 0 Å². The topological polar surface area (TPSA) is 51.0 Å². The van der Waals surface area contributed by atoms with Crippen molar-refractivity contribution in [3.8, 4) is 11.3 Å². The summed E-state index contributed by atoms with van der Waals surface area (Å²) < 4.78 is 1.91. The summed E-state index contributed by atoms with van der Waals surface area (Å²) in [5, 5.41) is 7.47. The van der Waals surface area contributed by atoms with Gasteiger partial charge in [-0.05, 0) is 56.7 Å². The van der Waals surface area contributed by atoms with E-state index < -0.39 is 0 Å². The number of nitrogens with zero attached hydrogens (tertiary/aromatic N) is 4. The summed E-state index contributed by atoms with van der Waals surface area (Å²) in [6, 6.07) is 14.8. The molecule has 1 fully saturated rings. The van der Waals surface area contributed by atoms with Crippen molar-refractivity contribution < 1.29 is 4.79 Å². The van der Waals surface area contributed by atoms with Crippen molar-refractivity contribution in [1.29, 1.82) is 0 Å². The number of hydrogen-bond acceptors (Lipinski definition) is 4. The van der Waals surface area contributed by atoms with E-state index in [-0.39, 0.29) is 11.9 Å². The summed E-state index contributed by atoms with van der Waals surface area (Å²) in [7, 11) is 0. The lowest BCUT2D eigenvalue weighted by molar-refractivity contribution is 0.0733. The van der Waals surface area contributed by atoms with Crippen LogP contribution in [-0.4, -0.2) is 31.6 Å². The van der Waals surface area contributed by atoms with Crippen molar-refractivity contribution in [3.63, 3.8) is 0 Å². The molecule has 1 saturated carbocycles. The minimum absolute atomic E-state index is 0.0708. The van der Waals surface area contributed by atoms with Crippen LogP contribution in [0.3, 0.4) is 0 Å². The molecule has 3 aromatic heterocycles. The Bertz CT molecular complexity index is 1240. The predicted molar refractivity (Wildman–Crippen MR) is 125 cm³/mol. The fourth-order valence-corrected chi connectivity index (χ4v) is 4.75. The molecule has 0 spiro atoms. The number of benzene rings is 1. The number of aryl methyl sites for hydroxylation is 1. The van der Waals surface area contributed by atoms with E-state index in [4.69, 9.17) is 4.98 Å². The van der Waals surface area contributed by atoms with E-state index in [2.05, 4.69) is 49.4 Å². The van der Waals surface area contributed by atoms with Crippen LogP contribution in [0.15, 0.2) is 54.0 Å². The van der Waals surface area contributed by atoms with Crippen molar-refractivity contribution in [2.45, 2.75) is 52.2 Å². The minimum atomic E-state index is 0.0708. The van der Waals surface area contributed by atoms with Gasteiger partial charge in [0.1, 0.15) is 0 Å². The lowest BCUT2D eigenvalue weighted by atomic mass is 10.0. The molecule has 31 heavy (non-hydrogen) atoms. The standard InChI is InChI=1S/C25H26N4OS/c1-16(2)29-24-22(14-26-29)21(13-23(27-24)20-9-5-4-7-17(20)3)25(30)28(18-10-11-18)15-19-8-6-12-31-19/h4-9,12-14,16,18H,10-11,15H2,1-3H3. The number of thiophene rings is 1. The summed E-state index contributed by atoms with van der Waals surface area (Å²) in [4.78, 5) is 22.1. The number of rotatable bonds is 6. The fourth-order valence-electron chi connectivity index (χ4n) is 4.05. The summed E-state index contributed by atoms with van der Waals surface area (Å²) in [5.74, 6) is 0.0708. The van der Waals surface area contributed by atoms with Crippen LogP contribution in [0.5, 0.6) is 0 Å². The second-order valence-corrected chi connectivity index (χ2v) is 9.57. The molecule has 1 amide bonds. The van der Waals surface area contributed by atoms with Gasteiger partial charge >= 0.3 is 0 Å². The monoisotopic (exact) mass is 430 g/mol. The Morgan fingerprint density at radius 2 is 2.03 bits per heavy atom. The molecule has 1 aromatic carbocycles. The number of aromatic nitrogens is 3. The Hall–Kier alpha value is -2.99. The lowest BCUT2D eigenvalue weighted by Gasteiger charge is -2.23. The van der Waals surface area contributed by atoms with E-state index in [0.29, 0.717) is 18.2 Å². The molecule has 6 heteroatoms. The Morgan fingerprint density at radius 1 is 1.23 bits per heavy atom. The van der Waals surface area contributed by atoms with Gasteiger partial charge in [-0.25, -0.2) is 9.67 Å². The van der Waals surface area contributed by atoms with Gasteiger partial charge in [0.2, 0.25) is 0 Å². The molecule has 5 rings (SSSR count). The van der Waals surface area contributed by atoms with Crippen LogP contribution in [0.25, 0.3) is 22.3 Å². The lowest BCUT2D eigenvalue weighted by Crippen LogP contribution is -2.32. The third kappa shape index (κ3) is 3.76. The number of hydrogen-bond donors (Lipinski definition) is 0. The predicted octanol–water partition coefficient (Wildman–Crippen LogP) is 5.85. The van der Waals surface area contributed by atoms with Gasteiger partial charge < -0.3 is 4.90 Å². The smallest absolute Gasteiger partial charge is 0.255 e. The van der Waals surface area contributed by atoms with Gasteiger partial charge in [0.25, 0.3) is 5.91 Å². The van der Waals surface area contributed by atoms with Gasteiger partial charge in [-0.2, -0.15) is 5.10 Å². The largest absolute Gasteiger partial charge is 0.330 e. The maximum atomic E-state index is 13.9. The molecule has 0 bridgehead atoms. The minimum Gasteiger partial charge on any atom is -0.330 e. The van der Waals surface area contributed by atoms with Crippen molar-refractivity contribution in [2.75, 3.05) is 0 Å². The molecule has 0 unspecified atom stereocenters. The third-order valence-electron chi connectivity index (χ3n) is 5.86. The van der Waals surface area contributed by atoms with E-state index in [1.165, 1.54) is 4.88 Å². The normalized spacial score (nSPS) is 13.8. The van der Waals surface area contributed by atoms with Gasteiger partial charge in [0, 0.05) is 22.5 Å². The first kappa shape index (κ1) is 19.9. The number of carbonyl (C=O) groups is 1. The molecule has 3 heterocycles. The molecule has 0 saturated heterocycles. The first-order valence-electron chi connectivity index (χ1n) is 10.8. The molecule has 5 nitrogen and oxygen atoms in total. The summed E-state index contributed by atoms with van der Waals surface area (Å²) in [6.07, 6.45) is 3.94. The van der Waals surface area contributed by atoms with Crippen molar-refractivity contribution in [2.24, 2.45) is 0 Å². The fraction of sp³-hybridized carbons (Fsp3) is 0.320. The van der Waals surface area contributed by atoms with Crippen molar-refractivity contribution >= 4 is 28.3 Å². The van der Waals surface area contributed by atoms with Gasteiger partial charge in [0.15, 0.2) is 5.65 Å². The van der Waals surface area contributed by atoms with E-state index in [1.807, 2.05) is 33.8 Å². The third-order valence-corrected chi connectivity index (χ3v) is 6.72. The van der Waals surface area contributed by atoms with Crippen LogP contribution < -0.4 is 0 Å². The SMILES string of the molecule is Cc1ccccc1-c1cc(C(=O)N(Cc2cccs2)C2CC2)c2cnn(C(C)C)c2n1. The molecule has 4 aromatic rings. The molecule has 0 atom stereocenters. The van der Waals surface area contributed by atoms with Gasteiger partial charge in [-0.1, -0.05) is 30.3 Å². The van der Waals surface area contributed by atoms with E-state index >= 15 is 0 Å². The highest BCUT2D eigenvalue weighted by Gasteiger charge is 2.34. The maximum absolute atomic E-state index is 13.9. The number of pyridine rings is 1. The molecule has 0 aliphatic heterocycles. The van der Waals surface area contributed by atoms with Gasteiger partial charge in [0.05, 0.1) is 29.4 Å². The highest BCUT2D eigenvalue weighted by atomic mass is 32.1. The van der Waals surface area contributed by atoms with Crippen LogP contribution in [-0.2, 0) is 6.54 Å². The Kier molecular flexibility index (Phi) is 5.10. The molecular formula is C25H26N4OS. The Balaban J connectivity index is 1.66. The summed E-state index contributed by atoms with van der Waals surface area (Å²) >= 11 is 1.70. The van der Waals surface area contributed by atoms with Crippen LogP contribution in [0.2, 0.25) is 0 Å². The maximum Gasteiger partial charge on any atom is 0.255 e. The zero-order chi connectivity index (χ0) is 21.5. The van der Waals surface area contributed by atoms with Crippen LogP contribution in [0, 0.1) is 6.92 Å². The first-order chi connectivity index (χ1) is 15.0. The molecule has 0 radical (unpaired) electrons. The summed E-state index contributed by atoms with van der Waals surface area (Å²) in [5.41, 5.74) is 4.47. The second-order valence-electron chi connectivity index (χ2n) is 8.53. The van der Waals surface area contributed by atoms with Gasteiger partial charge in [-0.15, -0.1) is 11.3 Å². The second kappa shape index (κ2) is 7.93. The zero-order valence-electron chi connectivity index (χ0n) is 18.1. The van der Waals surface area contributed by atoms with E-state index in [0.717, 1.165) is 40.7 Å². The number of fused-ring (bicyclic) bond motifs is 1. The summed E-state index contributed by atoms with van der Waals surface area (Å²) in [6.45, 7) is 6.91. The molecule has 158 valence electrons. The quantitative estimate of drug-likeness (QED) is 0.385. The molecule has 1 aliphatic carbocycles. The Morgan fingerprint density at radius 3 is 2.71 bits per heavy atom. The van der Waals surface area contributed by atoms with E-state index in [9.17, 15) is 4.79 Å². The number of carbonyl (C=O) groups excluding carboxylic acids is 1. The first-order valence-corrected chi connectivity index (χ1v) is 11.7. The number of amides is 1. The van der Waals surface area contributed by atoms with Crippen LogP contribution >= 0.6 is 11.3 Å². The van der Waals surface area contributed by atoms with E-state index in [1.54, 1.807) is 17.5 Å².